The van der Waals surface area contributed by atoms with Gasteiger partial charge in [-0.1, -0.05) is 72.7 Å². The molecule has 3 aromatic carbocycles. The monoisotopic (exact) mass is 484 g/mol. The van der Waals surface area contributed by atoms with Gasteiger partial charge in [-0.15, -0.1) is 0 Å². The van der Waals surface area contributed by atoms with Gasteiger partial charge < -0.3 is 14.9 Å². The van der Waals surface area contributed by atoms with E-state index in [1.165, 1.54) is 12.1 Å². The van der Waals surface area contributed by atoms with Crippen LogP contribution in [0.5, 0.6) is 0 Å². The summed E-state index contributed by atoms with van der Waals surface area (Å²) in [7, 11) is 0. The van der Waals surface area contributed by atoms with Crippen molar-refractivity contribution in [3.63, 3.8) is 0 Å². The molecule has 36 heavy (non-hydrogen) atoms. The summed E-state index contributed by atoms with van der Waals surface area (Å²) in [5, 5.41) is 3.08. The van der Waals surface area contributed by atoms with E-state index in [1.54, 1.807) is 19.1 Å². The predicted molar refractivity (Wildman–Crippen MR) is 130 cm³/mol. The topological polar surface area (TPSA) is 102 Å². The predicted octanol–water partition coefficient (Wildman–Crippen LogP) is 4.31. The van der Waals surface area contributed by atoms with Crippen molar-refractivity contribution in [2.75, 3.05) is 13.2 Å². The van der Waals surface area contributed by atoms with Crippen LogP contribution in [0, 0.1) is 5.92 Å². The number of imide groups is 1. The van der Waals surface area contributed by atoms with Crippen LogP contribution in [0.4, 0.5) is 4.79 Å². The van der Waals surface area contributed by atoms with E-state index < -0.39 is 29.8 Å². The Morgan fingerprint density at radius 2 is 1.33 bits per heavy atom. The van der Waals surface area contributed by atoms with E-state index in [4.69, 9.17) is 9.57 Å². The van der Waals surface area contributed by atoms with Gasteiger partial charge in [0.2, 0.25) is 0 Å². The second kappa shape index (κ2) is 9.65. The third-order valence-electron chi connectivity index (χ3n) is 6.60. The van der Waals surface area contributed by atoms with Crippen molar-refractivity contribution >= 4 is 23.9 Å². The quantitative estimate of drug-likeness (QED) is 0.502. The van der Waals surface area contributed by atoms with E-state index in [0.717, 1.165) is 22.3 Å². The Labute approximate surface area is 207 Å². The number of benzene rings is 3. The van der Waals surface area contributed by atoms with E-state index >= 15 is 0 Å². The lowest BCUT2D eigenvalue weighted by Gasteiger charge is -2.19. The molecule has 3 aromatic rings. The number of alkyl carbamates (subject to hydrolysis) is 1. The van der Waals surface area contributed by atoms with Crippen molar-refractivity contribution in [3.05, 3.63) is 95.1 Å². The van der Waals surface area contributed by atoms with Gasteiger partial charge in [0.15, 0.2) is 0 Å². The smallest absolute Gasteiger partial charge is 0.407 e. The third-order valence-corrected chi connectivity index (χ3v) is 6.60. The number of amides is 3. The van der Waals surface area contributed by atoms with Crippen molar-refractivity contribution in [2.45, 2.75) is 19.3 Å². The normalized spacial score (nSPS) is 14.6. The molecule has 2 aliphatic rings. The number of fused-ring (bicyclic) bond motifs is 4. The second-order valence-corrected chi connectivity index (χ2v) is 8.67. The average Bonchev–Trinajstić information content (AvgIpc) is 3.35. The van der Waals surface area contributed by atoms with Crippen LogP contribution in [0.1, 0.15) is 51.1 Å². The van der Waals surface area contributed by atoms with Crippen LogP contribution in [-0.4, -0.2) is 42.1 Å². The van der Waals surface area contributed by atoms with E-state index in [0.29, 0.717) is 11.5 Å². The van der Waals surface area contributed by atoms with Gasteiger partial charge in [-0.3, -0.25) is 9.59 Å². The van der Waals surface area contributed by atoms with Crippen LogP contribution >= 0.6 is 0 Å². The fourth-order valence-corrected chi connectivity index (χ4v) is 4.66. The van der Waals surface area contributed by atoms with E-state index in [-0.39, 0.29) is 30.2 Å². The van der Waals surface area contributed by atoms with Crippen molar-refractivity contribution in [2.24, 2.45) is 5.92 Å². The molecular formula is C28H24N2O6. The Morgan fingerprint density at radius 3 is 1.86 bits per heavy atom. The van der Waals surface area contributed by atoms with Crippen molar-refractivity contribution in [1.82, 2.24) is 10.4 Å². The number of nitrogens with zero attached hydrogens (tertiary/aromatic N) is 1. The first kappa shape index (κ1) is 23.3. The molecule has 3 amide bonds. The first-order chi connectivity index (χ1) is 17.5. The molecule has 1 unspecified atom stereocenters. The van der Waals surface area contributed by atoms with Gasteiger partial charge in [0.1, 0.15) is 6.61 Å². The first-order valence-corrected chi connectivity index (χ1v) is 11.8. The number of nitrogens with one attached hydrogen (secondary N) is 1. The highest BCUT2D eigenvalue weighted by atomic mass is 16.7. The zero-order valence-electron chi connectivity index (χ0n) is 19.6. The van der Waals surface area contributed by atoms with Crippen LogP contribution < -0.4 is 5.32 Å². The Bertz CT molecular complexity index is 1290. The highest BCUT2D eigenvalue weighted by Gasteiger charge is 2.39. The molecule has 1 aliphatic carbocycles. The summed E-state index contributed by atoms with van der Waals surface area (Å²) in [4.78, 5) is 55.1. The van der Waals surface area contributed by atoms with Gasteiger partial charge in [-0.25, -0.2) is 9.59 Å². The maximum Gasteiger partial charge on any atom is 0.407 e. The SMILES string of the molecule is CCC(CNC(=O)OCC1c2ccccc2-c2ccccc21)C(=O)ON1C(=O)c2ccccc2C1=O. The number of hydrogen-bond donors (Lipinski definition) is 1. The van der Waals surface area contributed by atoms with Gasteiger partial charge in [-0.2, -0.15) is 0 Å². The fourth-order valence-electron chi connectivity index (χ4n) is 4.66. The molecule has 0 fully saturated rings. The molecule has 0 saturated carbocycles. The van der Waals surface area contributed by atoms with Crippen molar-refractivity contribution in [3.8, 4) is 11.1 Å². The van der Waals surface area contributed by atoms with Gasteiger partial charge in [0, 0.05) is 12.5 Å². The zero-order valence-corrected chi connectivity index (χ0v) is 19.6. The highest BCUT2D eigenvalue weighted by molar-refractivity contribution is 6.20. The molecule has 5 rings (SSSR count). The first-order valence-electron chi connectivity index (χ1n) is 11.8. The maximum absolute atomic E-state index is 12.7. The lowest BCUT2D eigenvalue weighted by atomic mass is 9.98. The number of carbonyl (C=O) groups excluding carboxylic acids is 4. The Morgan fingerprint density at radius 1 is 0.833 bits per heavy atom. The summed E-state index contributed by atoms with van der Waals surface area (Å²) in [6.07, 6.45) is -0.338. The van der Waals surface area contributed by atoms with E-state index in [1.807, 2.05) is 36.4 Å². The van der Waals surface area contributed by atoms with Crippen molar-refractivity contribution in [1.29, 1.82) is 0 Å². The second-order valence-electron chi connectivity index (χ2n) is 8.67. The summed E-state index contributed by atoms with van der Waals surface area (Å²) >= 11 is 0. The molecule has 0 radical (unpaired) electrons. The van der Waals surface area contributed by atoms with Crippen LogP contribution in [0.3, 0.4) is 0 Å². The summed E-state index contributed by atoms with van der Waals surface area (Å²) < 4.78 is 5.50. The molecule has 1 atom stereocenters. The average molecular weight is 485 g/mol. The minimum absolute atomic E-state index is 0.0603. The molecule has 1 aliphatic heterocycles. The molecule has 182 valence electrons. The molecule has 0 spiro atoms. The van der Waals surface area contributed by atoms with E-state index in [2.05, 4.69) is 17.4 Å². The number of rotatable bonds is 7. The Hall–Kier alpha value is -4.46. The summed E-state index contributed by atoms with van der Waals surface area (Å²) in [5.41, 5.74) is 4.82. The summed E-state index contributed by atoms with van der Waals surface area (Å²) in [6, 6.07) is 22.3. The standard InChI is InChI=1S/C28H24N2O6/c1-2-17(27(33)36-30-25(31)22-13-7-8-14-23(22)26(30)32)15-29-28(34)35-16-24-20-11-5-3-9-18(20)19-10-4-6-12-21(19)24/h3-14,17,24H,2,15-16H2,1H3,(H,29,34). The summed E-state index contributed by atoms with van der Waals surface area (Å²) in [5.74, 6) is -3.02. The number of carbonyl (C=O) groups is 4. The minimum Gasteiger partial charge on any atom is -0.449 e. The molecule has 8 heteroatoms. The number of ether oxygens (including phenoxy) is 1. The van der Waals surface area contributed by atoms with Crippen LogP contribution in [-0.2, 0) is 14.4 Å². The largest absolute Gasteiger partial charge is 0.449 e. The minimum atomic E-state index is -0.786. The molecule has 0 bridgehead atoms. The maximum atomic E-state index is 12.7. The zero-order chi connectivity index (χ0) is 25.2. The number of hydroxylamine groups is 2. The Kier molecular flexibility index (Phi) is 6.25. The van der Waals surface area contributed by atoms with Gasteiger partial charge in [0.25, 0.3) is 11.8 Å². The molecular weight excluding hydrogens is 460 g/mol. The lowest BCUT2D eigenvalue weighted by molar-refractivity contribution is -0.173. The molecule has 0 saturated heterocycles. The molecule has 8 nitrogen and oxygen atoms in total. The fraction of sp³-hybridized carbons (Fsp3) is 0.214. The van der Waals surface area contributed by atoms with Gasteiger partial charge in [-0.05, 0) is 40.8 Å². The van der Waals surface area contributed by atoms with Crippen LogP contribution in [0.2, 0.25) is 0 Å². The molecule has 1 heterocycles. The third kappa shape index (κ3) is 4.11. The molecule has 0 aromatic heterocycles. The van der Waals surface area contributed by atoms with E-state index in [9.17, 15) is 19.2 Å². The van der Waals surface area contributed by atoms with Crippen molar-refractivity contribution < 1.29 is 28.8 Å². The summed E-state index contributed by atoms with van der Waals surface area (Å²) in [6.45, 7) is 1.83. The molecule has 1 N–H and O–H groups in total. The Balaban J connectivity index is 1.16. The van der Waals surface area contributed by atoms with Crippen LogP contribution in [0.25, 0.3) is 11.1 Å². The van der Waals surface area contributed by atoms with Gasteiger partial charge in [0.05, 0.1) is 17.0 Å². The lowest BCUT2D eigenvalue weighted by Crippen LogP contribution is -2.39. The van der Waals surface area contributed by atoms with Gasteiger partial charge >= 0.3 is 12.1 Å². The van der Waals surface area contributed by atoms with Crippen LogP contribution in [0.15, 0.2) is 72.8 Å². The highest BCUT2D eigenvalue weighted by Crippen LogP contribution is 2.44. The number of hydrogen-bond acceptors (Lipinski definition) is 6.